The van der Waals surface area contributed by atoms with Crippen molar-refractivity contribution in [2.24, 2.45) is 5.73 Å². The van der Waals surface area contributed by atoms with E-state index in [1.165, 1.54) is 30.6 Å². The van der Waals surface area contributed by atoms with E-state index >= 15 is 0 Å². The maximum atomic E-state index is 13.8. The van der Waals surface area contributed by atoms with Gasteiger partial charge in [0.1, 0.15) is 29.1 Å². The lowest BCUT2D eigenvalue weighted by Gasteiger charge is -2.38. The predicted molar refractivity (Wildman–Crippen MR) is 174 cm³/mol. The van der Waals surface area contributed by atoms with Gasteiger partial charge in [-0.2, -0.15) is 4.31 Å². The fourth-order valence-electron chi connectivity index (χ4n) is 5.89. The van der Waals surface area contributed by atoms with Gasteiger partial charge in [0.05, 0.1) is 24.2 Å². The average Bonchev–Trinajstić information content (AvgIpc) is 3.48. The highest BCUT2D eigenvalue weighted by molar-refractivity contribution is 7.89. The Morgan fingerprint density at radius 3 is 2.43 bits per heavy atom. The van der Waals surface area contributed by atoms with Crippen molar-refractivity contribution in [1.29, 1.82) is 0 Å². The van der Waals surface area contributed by atoms with Crippen LogP contribution in [0.2, 0.25) is 0 Å². The first kappa shape index (κ1) is 34.3. The summed E-state index contributed by atoms with van der Waals surface area (Å²) in [7, 11) is -4.64. The lowest BCUT2D eigenvalue weighted by atomic mass is 9.88. The average molecular weight is 675 g/mol. The second-order valence-corrected chi connectivity index (χ2v) is 15.4. The first-order valence-electron chi connectivity index (χ1n) is 15.2. The molecule has 0 amide bonds. The molecule has 2 aliphatic heterocycles. The van der Waals surface area contributed by atoms with Crippen LogP contribution in [0.4, 0.5) is 0 Å². The van der Waals surface area contributed by atoms with E-state index in [9.17, 15) is 21.9 Å². The Bertz CT molecular complexity index is 1710. The Morgan fingerprint density at radius 1 is 1.04 bits per heavy atom. The van der Waals surface area contributed by atoms with Crippen molar-refractivity contribution in [2.45, 2.75) is 53.3 Å². The van der Waals surface area contributed by atoms with Gasteiger partial charge in [0, 0.05) is 38.3 Å². The van der Waals surface area contributed by atoms with Gasteiger partial charge in [0.15, 0.2) is 0 Å². The molecule has 5 N–H and O–H groups in total. The van der Waals surface area contributed by atoms with Crippen molar-refractivity contribution in [2.75, 3.05) is 47.0 Å². The Labute approximate surface area is 270 Å². The van der Waals surface area contributed by atoms with Crippen molar-refractivity contribution in [1.82, 2.24) is 14.3 Å². The SMILES string of the molecule is CNS(=O)(=O)c1cccc(OC[C@@H](O)CN[C@H]2COC3(CCN(S(=O)(=O)c4cc(-c5ccc(CN)cc5)ccc4OC)CC3)C2)c1. The van der Waals surface area contributed by atoms with Crippen LogP contribution in [-0.4, -0.2) is 91.0 Å². The number of nitrogens with zero attached hydrogens (tertiary/aromatic N) is 1. The Morgan fingerprint density at radius 2 is 1.76 bits per heavy atom. The van der Waals surface area contributed by atoms with Crippen molar-refractivity contribution in [3.63, 3.8) is 0 Å². The number of piperidine rings is 1. The number of aliphatic hydroxyl groups excluding tert-OH is 1. The Kier molecular flexibility index (Phi) is 10.7. The summed E-state index contributed by atoms with van der Waals surface area (Å²) in [5.74, 6) is 0.632. The maximum Gasteiger partial charge on any atom is 0.246 e. The molecule has 0 saturated carbocycles. The third-order valence-corrected chi connectivity index (χ3v) is 11.9. The lowest BCUT2D eigenvalue weighted by Crippen LogP contribution is -2.47. The molecule has 46 heavy (non-hydrogen) atoms. The van der Waals surface area contributed by atoms with Crippen molar-refractivity contribution in [3.05, 3.63) is 72.3 Å². The number of hydrogen-bond acceptors (Lipinski definition) is 10. The molecule has 1 spiro atoms. The van der Waals surface area contributed by atoms with Crippen molar-refractivity contribution < 1.29 is 36.2 Å². The number of benzene rings is 3. The van der Waals surface area contributed by atoms with Gasteiger partial charge in [0.25, 0.3) is 0 Å². The molecule has 0 bridgehead atoms. The molecular weight excluding hydrogens is 633 g/mol. The molecule has 250 valence electrons. The maximum absolute atomic E-state index is 13.8. The number of rotatable bonds is 13. The molecule has 5 rings (SSSR count). The van der Waals surface area contributed by atoms with E-state index in [-0.39, 0.29) is 29.0 Å². The second-order valence-electron chi connectivity index (χ2n) is 11.6. The molecule has 0 aliphatic carbocycles. The number of nitrogens with two attached hydrogens (primary N) is 1. The highest BCUT2D eigenvalue weighted by Crippen LogP contribution is 2.39. The standard InChI is InChI=1S/C32H42N4O8S2/c1-34-45(38,39)29-5-3-4-28(17-29)43-22-27(37)20-35-26-18-32(44-21-26)12-14-36(15-13-32)46(40,41)31-16-25(10-11-30(31)42-2)24-8-6-23(19-33)7-9-24/h3-11,16-17,26-27,34-35,37H,12-15,18-22,33H2,1-2H3/t26-,27+/m1/s1. The summed E-state index contributed by atoms with van der Waals surface area (Å²) in [6.07, 6.45) is 0.947. The number of aliphatic hydroxyl groups is 1. The molecule has 0 unspecified atom stereocenters. The van der Waals surface area contributed by atoms with Crippen molar-refractivity contribution in [3.8, 4) is 22.6 Å². The summed E-state index contributed by atoms with van der Waals surface area (Å²) in [5, 5.41) is 13.8. The van der Waals surface area contributed by atoms with Crippen LogP contribution in [-0.2, 0) is 31.3 Å². The zero-order valence-corrected chi connectivity index (χ0v) is 27.6. The first-order chi connectivity index (χ1) is 22.0. The van der Waals surface area contributed by atoms with Crippen molar-refractivity contribution >= 4 is 20.0 Å². The molecule has 2 fully saturated rings. The largest absolute Gasteiger partial charge is 0.495 e. The van der Waals surface area contributed by atoms with Gasteiger partial charge < -0.3 is 30.4 Å². The molecule has 2 saturated heterocycles. The molecule has 0 radical (unpaired) electrons. The van der Waals surface area contributed by atoms with Crippen LogP contribution in [0.15, 0.2) is 76.5 Å². The van der Waals surface area contributed by atoms with Gasteiger partial charge in [-0.1, -0.05) is 36.4 Å². The quantitative estimate of drug-likeness (QED) is 0.211. The van der Waals surface area contributed by atoms with Gasteiger partial charge in [-0.05, 0) is 67.3 Å². The van der Waals surface area contributed by atoms with Gasteiger partial charge in [-0.15, -0.1) is 0 Å². The zero-order valence-electron chi connectivity index (χ0n) is 26.0. The number of methoxy groups -OCH3 is 1. The second kappa shape index (κ2) is 14.4. The molecule has 12 nitrogen and oxygen atoms in total. The van der Waals surface area contributed by atoms with Crippen LogP contribution in [0.25, 0.3) is 11.1 Å². The smallest absolute Gasteiger partial charge is 0.246 e. The van der Waals surface area contributed by atoms with E-state index in [0.717, 1.165) is 16.7 Å². The van der Waals surface area contributed by atoms with E-state index in [1.54, 1.807) is 24.3 Å². The van der Waals surface area contributed by atoms with E-state index in [4.69, 9.17) is 19.9 Å². The van der Waals surface area contributed by atoms with Crippen LogP contribution in [0.5, 0.6) is 11.5 Å². The minimum atomic E-state index is -3.84. The Hall–Kier alpha value is -3.08. The molecule has 3 aromatic rings. The fourth-order valence-corrected chi connectivity index (χ4v) is 8.28. The van der Waals surface area contributed by atoms with Crippen LogP contribution in [0.3, 0.4) is 0 Å². The lowest BCUT2D eigenvalue weighted by molar-refractivity contribution is -0.0312. The molecular formula is C32H42N4O8S2. The summed E-state index contributed by atoms with van der Waals surface area (Å²) in [4.78, 5) is 0.207. The molecule has 2 aliphatic rings. The highest BCUT2D eigenvalue weighted by Gasteiger charge is 2.45. The third-order valence-electron chi connectivity index (χ3n) is 8.62. The van der Waals surface area contributed by atoms with E-state index < -0.39 is 31.8 Å². The van der Waals surface area contributed by atoms with Gasteiger partial charge >= 0.3 is 0 Å². The summed E-state index contributed by atoms with van der Waals surface area (Å²) in [5.41, 5.74) is 7.93. The molecule has 0 aromatic heterocycles. The minimum absolute atomic E-state index is 0.00987. The monoisotopic (exact) mass is 674 g/mol. The molecule has 14 heteroatoms. The normalized spacial score (nSPS) is 19.3. The van der Waals surface area contributed by atoms with Gasteiger partial charge in [-0.3, -0.25) is 0 Å². The number of ether oxygens (including phenoxy) is 3. The van der Waals surface area contributed by atoms with Crippen LogP contribution >= 0.6 is 0 Å². The number of sulfonamides is 2. The molecule has 3 aromatic carbocycles. The summed E-state index contributed by atoms with van der Waals surface area (Å²) in [6.45, 7) is 1.73. The fraction of sp³-hybridized carbons (Fsp3) is 0.438. The van der Waals surface area contributed by atoms with Gasteiger partial charge in [0.2, 0.25) is 20.0 Å². The minimum Gasteiger partial charge on any atom is -0.495 e. The van der Waals surface area contributed by atoms with E-state index in [2.05, 4.69) is 10.0 Å². The summed E-state index contributed by atoms with van der Waals surface area (Å²) < 4.78 is 72.8. The molecule has 2 heterocycles. The van der Waals surface area contributed by atoms with Gasteiger partial charge in [-0.25, -0.2) is 21.6 Å². The first-order valence-corrected chi connectivity index (χ1v) is 18.1. The number of nitrogens with one attached hydrogen (secondary N) is 2. The zero-order chi connectivity index (χ0) is 33.0. The highest BCUT2D eigenvalue weighted by atomic mass is 32.2. The Balaban J connectivity index is 1.14. The van der Waals surface area contributed by atoms with E-state index in [0.29, 0.717) is 57.0 Å². The predicted octanol–water partition coefficient (Wildman–Crippen LogP) is 2.07. The van der Waals surface area contributed by atoms with Crippen LogP contribution < -0.4 is 25.2 Å². The van der Waals surface area contributed by atoms with Crippen LogP contribution in [0.1, 0.15) is 24.8 Å². The van der Waals surface area contributed by atoms with Crippen LogP contribution in [0, 0.1) is 0 Å². The topological polar surface area (TPSA) is 170 Å². The summed E-state index contributed by atoms with van der Waals surface area (Å²) >= 11 is 0. The van der Waals surface area contributed by atoms with E-state index in [1.807, 2.05) is 30.3 Å². The third kappa shape index (κ3) is 7.72. The molecule has 2 atom stereocenters. The summed E-state index contributed by atoms with van der Waals surface area (Å²) in [6, 6.07) is 19.0. The number of hydrogen-bond donors (Lipinski definition) is 4.